The Morgan fingerprint density at radius 3 is 2.88 bits per heavy atom. The smallest absolute Gasteiger partial charge is 0.223 e. The number of aromatic nitrogens is 6. The Kier molecular flexibility index (Phi) is 5.70. The third-order valence-electron chi connectivity index (χ3n) is 5.20. The van der Waals surface area contributed by atoms with E-state index in [4.69, 9.17) is 4.74 Å². The van der Waals surface area contributed by atoms with E-state index < -0.39 is 0 Å². The number of ether oxygens (including phenoxy) is 1. The van der Waals surface area contributed by atoms with Crippen molar-refractivity contribution in [3.8, 4) is 23.4 Å². The van der Waals surface area contributed by atoms with Gasteiger partial charge in [0.05, 0.1) is 30.5 Å². The molecule has 9 nitrogen and oxygen atoms in total. The summed E-state index contributed by atoms with van der Waals surface area (Å²) in [5, 5.41) is 20.4. The Bertz CT molecular complexity index is 1290. The summed E-state index contributed by atoms with van der Waals surface area (Å²) < 4.78 is 5.73. The predicted molar refractivity (Wildman–Crippen MR) is 119 cm³/mol. The highest BCUT2D eigenvalue weighted by Crippen LogP contribution is 2.20. The summed E-state index contributed by atoms with van der Waals surface area (Å²) in [5.74, 6) is 7.18. The van der Waals surface area contributed by atoms with E-state index in [9.17, 15) is 5.11 Å². The molecule has 0 unspecified atom stereocenters. The SMILES string of the molecule is OC[C@H]1CC[C@@H](CNc2nccc(-c3nccc(C#Cc4ccc5[nH]ncc5c4)n3)n2)O1. The number of nitrogens with one attached hydrogen (secondary N) is 2. The second-order valence-corrected chi connectivity index (χ2v) is 7.47. The molecule has 0 radical (unpaired) electrons. The van der Waals surface area contributed by atoms with Crippen LogP contribution in [0.15, 0.2) is 48.9 Å². The van der Waals surface area contributed by atoms with Crippen LogP contribution in [0.2, 0.25) is 0 Å². The number of H-pyrrole nitrogens is 1. The fourth-order valence-electron chi connectivity index (χ4n) is 3.55. The molecule has 1 saturated heterocycles. The summed E-state index contributed by atoms with van der Waals surface area (Å²) in [5.41, 5.74) is 3.06. The highest BCUT2D eigenvalue weighted by molar-refractivity contribution is 5.79. The monoisotopic (exact) mass is 427 g/mol. The maximum Gasteiger partial charge on any atom is 0.223 e. The maximum atomic E-state index is 9.19. The van der Waals surface area contributed by atoms with Crippen molar-refractivity contribution < 1.29 is 9.84 Å². The van der Waals surface area contributed by atoms with E-state index in [0.29, 0.717) is 29.7 Å². The molecule has 32 heavy (non-hydrogen) atoms. The number of benzene rings is 1. The average molecular weight is 427 g/mol. The Balaban J connectivity index is 1.29. The van der Waals surface area contributed by atoms with Crippen LogP contribution in [0.1, 0.15) is 24.1 Å². The number of nitrogens with zero attached hydrogens (tertiary/aromatic N) is 5. The minimum absolute atomic E-state index is 0.0375. The van der Waals surface area contributed by atoms with Crippen LogP contribution in [-0.2, 0) is 4.74 Å². The summed E-state index contributed by atoms with van der Waals surface area (Å²) >= 11 is 0. The second kappa shape index (κ2) is 9.09. The van der Waals surface area contributed by atoms with Crippen LogP contribution in [-0.4, -0.2) is 60.6 Å². The van der Waals surface area contributed by atoms with Gasteiger partial charge in [-0.3, -0.25) is 5.10 Å². The van der Waals surface area contributed by atoms with Gasteiger partial charge in [0, 0.05) is 29.9 Å². The molecule has 3 aromatic heterocycles. The van der Waals surface area contributed by atoms with Crippen molar-refractivity contribution in [2.45, 2.75) is 25.0 Å². The summed E-state index contributed by atoms with van der Waals surface area (Å²) in [4.78, 5) is 17.7. The number of fused-ring (bicyclic) bond motifs is 1. The van der Waals surface area contributed by atoms with E-state index in [1.807, 2.05) is 18.2 Å². The number of hydrogen-bond acceptors (Lipinski definition) is 8. The van der Waals surface area contributed by atoms with Crippen LogP contribution in [0, 0.1) is 11.8 Å². The van der Waals surface area contributed by atoms with Crippen molar-refractivity contribution in [1.29, 1.82) is 0 Å². The van der Waals surface area contributed by atoms with Gasteiger partial charge in [0.15, 0.2) is 5.82 Å². The van der Waals surface area contributed by atoms with Crippen molar-refractivity contribution in [1.82, 2.24) is 30.1 Å². The quantitative estimate of drug-likeness (QED) is 0.414. The fourth-order valence-corrected chi connectivity index (χ4v) is 3.55. The molecule has 5 rings (SSSR count). The highest BCUT2D eigenvalue weighted by atomic mass is 16.5. The van der Waals surface area contributed by atoms with Crippen LogP contribution in [0.5, 0.6) is 0 Å². The molecule has 2 atom stereocenters. The molecule has 3 N–H and O–H groups in total. The lowest BCUT2D eigenvalue weighted by molar-refractivity contribution is 0.0174. The van der Waals surface area contributed by atoms with E-state index in [2.05, 4.69) is 47.3 Å². The number of aromatic amines is 1. The molecule has 160 valence electrons. The van der Waals surface area contributed by atoms with Crippen molar-refractivity contribution >= 4 is 16.9 Å². The molecule has 0 aliphatic carbocycles. The second-order valence-electron chi connectivity index (χ2n) is 7.47. The Morgan fingerprint density at radius 1 is 1.06 bits per heavy atom. The third-order valence-corrected chi connectivity index (χ3v) is 5.20. The van der Waals surface area contributed by atoms with Gasteiger partial charge in [0.2, 0.25) is 5.95 Å². The van der Waals surface area contributed by atoms with Crippen LogP contribution in [0.3, 0.4) is 0 Å². The first-order valence-electron chi connectivity index (χ1n) is 10.4. The largest absolute Gasteiger partial charge is 0.394 e. The molecular formula is C23H21N7O2. The molecule has 0 saturated carbocycles. The number of aliphatic hydroxyl groups is 1. The zero-order chi connectivity index (χ0) is 21.8. The number of rotatable bonds is 5. The number of aliphatic hydroxyl groups excluding tert-OH is 1. The highest BCUT2D eigenvalue weighted by Gasteiger charge is 2.24. The molecule has 9 heteroatoms. The van der Waals surface area contributed by atoms with Gasteiger partial charge >= 0.3 is 0 Å². The first kappa shape index (κ1) is 20.1. The van der Waals surface area contributed by atoms with Gasteiger partial charge in [-0.15, -0.1) is 0 Å². The average Bonchev–Trinajstić information content (AvgIpc) is 3.51. The maximum absolute atomic E-state index is 9.19. The summed E-state index contributed by atoms with van der Waals surface area (Å²) in [6.45, 7) is 0.629. The molecule has 4 heterocycles. The fraction of sp³-hybridized carbons (Fsp3) is 0.261. The lowest BCUT2D eigenvalue weighted by Gasteiger charge is -2.13. The minimum Gasteiger partial charge on any atom is -0.394 e. The van der Waals surface area contributed by atoms with Gasteiger partial charge in [0.1, 0.15) is 11.4 Å². The van der Waals surface area contributed by atoms with Gasteiger partial charge in [-0.1, -0.05) is 5.92 Å². The third kappa shape index (κ3) is 4.56. The molecule has 1 aromatic carbocycles. The normalized spacial score (nSPS) is 17.8. The first-order chi connectivity index (χ1) is 15.8. The summed E-state index contributed by atoms with van der Waals surface area (Å²) in [6, 6.07) is 9.40. The van der Waals surface area contributed by atoms with Crippen LogP contribution >= 0.6 is 0 Å². The van der Waals surface area contributed by atoms with Crippen molar-refractivity contribution in [2.75, 3.05) is 18.5 Å². The Labute approximate surface area is 184 Å². The summed E-state index contributed by atoms with van der Waals surface area (Å²) in [6.07, 6.45) is 6.83. The van der Waals surface area contributed by atoms with Gasteiger partial charge in [-0.2, -0.15) is 5.10 Å². The predicted octanol–water partition coefficient (Wildman–Crippen LogP) is 2.16. The number of anilines is 1. The van der Waals surface area contributed by atoms with E-state index in [1.54, 1.807) is 30.7 Å². The van der Waals surface area contributed by atoms with Crippen molar-refractivity contribution in [2.24, 2.45) is 0 Å². The van der Waals surface area contributed by atoms with Gasteiger partial charge in [-0.05, 0) is 49.1 Å². The Morgan fingerprint density at radius 2 is 1.97 bits per heavy atom. The lowest BCUT2D eigenvalue weighted by atomic mass is 10.1. The Hall–Kier alpha value is -3.87. The van der Waals surface area contributed by atoms with Crippen LogP contribution in [0.4, 0.5) is 5.95 Å². The molecule has 0 bridgehead atoms. The summed E-state index contributed by atoms with van der Waals surface area (Å²) in [7, 11) is 0. The first-order valence-corrected chi connectivity index (χ1v) is 10.4. The van der Waals surface area contributed by atoms with Crippen molar-refractivity contribution in [3.05, 3.63) is 60.2 Å². The topological polar surface area (TPSA) is 122 Å². The molecule has 1 fully saturated rings. The van der Waals surface area contributed by atoms with E-state index in [1.165, 1.54) is 0 Å². The lowest BCUT2D eigenvalue weighted by Crippen LogP contribution is -2.22. The van der Waals surface area contributed by atoms with Crippen LogP contribution < -0.4 is 5.32 Å². The molecule has 0 amide bonds. The minimum atomic E-state index is -0.0760. The van der Waals surface area contributed by atoms with Gasteiger partial charge in [0.25, 0.3) is 0 Å². The molecule has 4 aromatic rings. The molecule has 1 aliphatic rings. The standard InChI is InChI=1S/C23H21N7O2/c31-14-19-5-4-18(32-19)13-26-23-25-10-8-21(29-23)22-24-9-7-17(28-22)3-1-15-2-6-20-16(11-15)12-27-30-20/h2,6-12,18-19,31H,4-5,13-14H2,(H,27,30)(H,25,26,29)/t18-,19+/m0/s1. The zero-order valence-electron chi connectivity index (χ0n) is 17.2. The molecular weight excluding hydrogens is 406 g/mol. The van der Waals surface area contributed by atoms with E-state index in [-0.39, 0.29) is 18.8 Å². The van der Waals surface area contributed by atoms with Gasteiger partial charge < -0.3 is 15.2 Å². The van der Waals surface area contributed by atoms with E-state index >= 15 is 0 Å². The van der Waals surface area contributed by atoms with Crippen LogP contribution in [0.25, 0.3) is 22.4 Å². The van der Waals surface area contributed by atoms with E-state index in [0.717, 1.165) is 29.3 Å². The van der Waals surface area contributed by atoms with Gasteiger partial charge in [-0.25, -0.2) is 19.9 Å². The molecule has 0 spiro atoms. The molecule has 1 aliphatic heterocycles. The van der Waals surface area contributed by atoms with Crippen molar-refractivity contribution in [3.63, 3.8) is 0 Å². The zero-order valence-corrected chi connectivity index (χ0v) is 17.2. The number of hydrogen-bond donors (Lipinski definition) is 3.